The largest absolute Gasteiger partial charge is 0.294 e. The van der Waals surface area contributed by atoms with Gasteiger partial charge in [0.15, 0.2) is 15.6 Å². The predicted octanol–water partition coefficient (Wildman–Crippen LogP) is 4.88. The number of aryl methyl sites for hydroxylation is 1. The normalized spacial score (nSPS) is 32.7. The van der Waals surface area contributed by atoms with Crippen molar-refractivity contribution in [3.8, 4) is 0 Å². The van der Waals surface area contributed by atoms with Crippen molar-refractivity contribution in [1.82, 2.24) is 0 Å². The smallest absolute Gasteiger partial charge is 0.166 e. The number of Topliss-reactive ketones (excluding diaryl/α,β-unsaturated/α-hetero) is 1. The van der Waals surface area contributed by atoms with Crippen LogP contribution in [0.4, 0.5) is 0 Å². The molecule has 2 atom stereocenters. The van der Waals surface area contributed by atoms with Crippen LogP contribution in [0.2, 0.25) is 0 Å². The van der Waals surface area contributed by atoms with Gasteiger partial charge in [0.2, 0.25) is 0 Å². The van der Waals surface area contributed by atoms with Gasteiger partial charge in [0.1, 0.15) is 0 Å². The molecule has 2 saturated heterocycles. The van der Waals surface area contributed by atoms with Crippen molar-refractivity contribution in [1.29, 1.82) is 0 Å². The van der Waals surface area contributed by atoms with Gasteiger partial charge in [-0.3, -0.25) is 4.79 Å². The van der Waals surface area contributed by atoms with Crippen LogP contribution in [0, 0.1) is 12.8 Å². The van der Waals surface area contributed by atoms with Gasteiger partial charge in [0.05, 0.1) is 10.5 Å². The number of sulfone groups is 1. The Kier molecular flexibility index (Phi) is 4.20. The van der Waals surface area contributed by atoms with Crippen molar-refractivity contribution < 1.29 is 13.2 Å². The lowest BCUT2D eigenvalue weighted by atomic mass is 9.62. The Hall–Kier alpha value is -1.16. The zero-order valence-corrected chi connectivity index (χ0v) is 18.1. The van der Waals surface area contributed by atoms with Crippen molar-refractivity contribution in [2.45, 2.75) is 94.5 Å². The molecule has 0 N–H and O–H groups in total. The summed E-state index contributed by atoms with van der Waals surface area (Å²) in [5.74, 6) is 0.0313. The number of carbonyl (C=O) groups excluding carboxylic acids is 1. The second-order valence-corrected chi connectivity index (χ2v) is 12.9. The van der Waals surface area contributed by atoms with Gasteiger partial charge < -0.3 is 0 Å². The Bertz CT molecular complexity index is 888. The van der Waals surface area contributed by atoms with Crippen LogP contribution in [0.15, 0.2) is 12.1 Å². The highest BCUT2D eigenvalue weighted by atomic mass is 32.2. The van der Waals surface area contributed by atoms with E-state index in [0.717, 1.165) is 36.8 Å². The molecule has 2 heterocycles. The Labute approximate surface area is 163 Å². The summed E-state index contributed by atoms with van der Waals surface area (Å²) in [7, 11) is -2.99. The van der Waals surface area contributed by atoms with Gasteiger partial charge in [0.25, 0.3) is 0 Å². The molecule has 27 heavy (non-hydrogen) atoms. The third kappa shape index (κ3) is 2.90. The van der Waals surface area contributed by atoms with E-state index in [1.54, 1.807) is 0 Å². The van der Waals surface area contributed by atoms with Gasteiger partial charge in [-0.2, -0.15) is 0 Å². The highest BCUT2D eigenvalue weighted by Crippen LogP contribution is 2.47. The molecule has 4 rings (SSSR count). The number of benzene rings is 1. The van der Waals surface area contributed by atoms with Crippen molar-refractivity contribution in [2.75, 3.05) is 0 Å². The van der Waals surface area contributed by atoms with Crippen LogP contribution in [0.3, 0.4) is 0 Å². The highest BCUT2D eigenvalue weighted by Gasteiger charge is 2.49. The SMILES string of the molecule is Cc1cc2c(cc1C(=O)C1CC3CCC(C1)S3(=O)=O)C(C)(C)CCC2(C)C. The molecule has 3 nitrogen and oxygen atoms in total. The Morgan fingerprint density at radius 2 is 1.41 bits per heavy atom. The molecular formula is C23H32O3S. The molecule has 2 aliphatic heterocycles. The first-order valence-corrected chi connectivity index (χ1v) is 12.0. The molecule has 1 aliphatic carbocycles. The van der Waals surface area contributed by atoms with E-state index in [2.05, 4.69) is 39.8 Å². The Morgan fingerprint density at radius 3 is 1.93 bits per heavy atom. The number of hydrogen-bond acceptors (Lipinski definition) is 3. The van der Waals surface area contributed by atoms with Crippen LogP contribution in [0.25, 0.3) is 0 Å². The van der Waals surface area contributed by atoms with Crippen molar-refractivity contribution >= 4 is 15.6 Å². The fraction of sp³-hybridized carbons (Fsp3) is 0.696. The molecule has 3 aliphatic rings. The molecule has 0 saturated carbocycles. The Balaban J connectivity index is 1.72. The summed E-state index contributed by atoms with van der Waals surface area (Å²) in [6.45, 7) is 11.2. The minimum atomic E-state index is -2.99. The van der Waals surface area contributed by atoms with E-state index in [1.807, 2.05) is 6.92 Å². The fourth-order valence-electron chi connectivity index (χ4n) is 5.63. The lowest BCUT2D eigenvalue weighted by molar-refractivity contribution is 0.0904. The van der Waals surface area contributed by atoms with Gasteiger partial charge in [0, 0.05) is 11.5 Å². The first-order valence-electron chi connectivity index (χ1n) is 10.4. The molecule has 0 radical (unpaired) electrons. The number of carbonyl (C=O) groups is 1. The average Bonchev–Trinajstić information content (AvgIpc) is 2.77. The summed E-state index contributed by atoms with van der Waals surface area (Å²) < 4.78 is 24.8. The lowest BCUT2D eigenvalue weighted by Gasteiger charge is -2.42. The van der Waals surface area contributed by atoms with Crippen molar-refractivity contribution in [3.05, 3.63) is 34.4 Å². The summed E-state index contributed by atoms with van der Waals surface area (Å²) in [5, 5.41) is -0.586. The van der Waals surface area contributed by atoms with Crippen LogP contribution >= 0.6 is 0 Å². The van der Waals surface area contributed by atoms with Crippen molar-refractivity contribution in [3.63, 3.8) is 0 Å². The van der Waals surface area contributed by atoms with E-state index in [9.17, 15) is 13.2 Å². The number of fused-ring (bicyclic) bond motifs is 3. The lowest BCUT2D eigenvalue weighted by Crippen LogP contribution is -2.37. The topological polar surface area (TPSA) is 51.2 Å². The molecule has 1 aromatic rings. The van der Waals surface area contributed by atoms with Crippen LogP contribution in [-0.4, -0.2) is 24.7 Å². The maximum absolute atomic E-state index is 13.4. The third-order valence-corrected chi connectivity index (χ3v) is 10.4. The van der Waals surface area contributed by atoms with E-state index in [0.29, 0.717) is 12.8 Å². The molecule has 2 unspecified atom stereocenters. The molecule has 0 aromatic heterocycles. The first-order chi connectivity index (χ1) is 12.4. The molecule has 2 bridgehead atoms. The summed E-state index contributed by atoms with van der Waals surface area (Å²) in [6, 6.07) is 4.39. The van der Waals surface area contributed by atoms with Gasteiger partial charge in [-0.1, -0.05) is 33.8 Å². The first kappa shape index (κ1) is 19.2. The predicted molar refractivity (Wildman–Crippen MR) is 109 cm³/mol. The third-order valence-electron chi connectivity index (χ3n) is 7.67. The molecular weight excluding hydrogens is 356 g/mol. The molecule has 148 valence electrons. The summed E-state index contributed by atoms with van der Waals surface area (Å²) in [6.07, 6.45) is 4.79. The van der Waals surface area contributed by atoms with Gasteiger partial charge >= 0.3 is 0 Å². The maximum Gasteiger partial charge on any atom is 0.166 e. The minimum Gasteiger partial charge on any atom is -0.294 e. The second-order valence-electron chi connectivity index (χ2n) is 10.4. The quantitative estimate of drug-likeness (QED) is 0.678. The number of rotatable bonds is 2. The van der Waals surface area contributed by atoms with Crippen LogP contribution in [0.1, 0.15) is 93.3 Å². The van der Waals surface area contributed by atoms with E-state index >= 15 is 0 Å². The molecule has 0 spiro atoms. The summed E-state index contributed by atoms with van der Waals surface area (Å²) in [4.78, 5) is 13.4. The van der Waals surface area contributed by atoms with Crippen molar-refractivity contribution in [2.24, 2.45) is 5.92 Å². The van der Waals surface area contributed by atoms with Crippen LogP contribution < -0.4 is 0 Å². The minimum absolute atomic E-state index is 0.0719. The van der Waals surface area contributed by atoms with Gasteiger partial charge in [-0.25, -0.2) is 8.42 Å². The molecule has 2 fully saturated rings. The summed E-state index contributed by atoms with van der Waals surface area (Å²) >= 11 is 0. The summed E-state index contributed by atoms with van der Waals surface area (Å²) in [5.41, 5.74) is 4.75. The molecule has 4 heteroatoms. The van der Waals surface area contributed by atoms with E-state index in [-0.39, 0.29) is 33.0 Å². The average molecular weight is 389 g/mol. The van der Waals surface area contributed by atoms with Gasteiger partial charge in [-0.05, 0) is 79.0 Å². The van der Waals surface area contributed by atoms with E-state index in [4.69, 9.17) is 0 Å². The monoisotopic (exact) mass is 388 g/mol. The van der Waals surface area contributed by atoms with Crippen LogP contribution in [-0.2, 0) is 20.7 Å². The van der Waals surface area contributed by atoms with E-state index in [1.165, 1.54) is 11.1 Å². The van der Waals surface area contributed by atoms with Gasteiger partial charge in [-0.15, -0.1) is 0 Å². The number of ketones is 1. The highest BCUT2D eigenvalue weighted by molar-refractivity contribution is 7.93. The maximum atomic E-state index is 13.4. The molecule has 0 amide bonds. The zero-order valence-electron chi connectivity index (χ0n) is 17.3. The van der Waals surface area contributed by atoms with Crippen LogP contribution in [0.5, 0.6) is 0 Å². The standard InChI is InChI=1S/C23H32O3S/c1-14-10-19-20(23(4,5)9-8-22(19,2)3)13-18(14)21(24)15-11-16-6-7-17(12-15)27(16,25)26/h10,13,15-17H,6-9,11-12H2,1-5H3. The number of hydrogen-bond donors (Lipinski definition) is 0. The second kappa shape index (κ2) is 5.92. The Morgan fingerprint density at radius 1 is 0.926 bits per heavy atom. The zero-order chi connectivity index (χ0) is 19.8. The fourth-order valence-corrected chi connectivity index (χ4v) is 8.10. The molecule has 1 aromatic carbocycles. The van der Waals surface area contributed by atoms with E-state index < -0.39 is 9.84 Å².